The average molecular weight is 612 g/mol. The van der Waals surface area contributed by atoms with Crippen LogP contribution in [-0.4, -0.2) is 63.6 Å². The summed E-state index contributed by atoms with van der Waals surface area (Å²) < 4.78 is 0.828. The van der Waals surface area contributed by atoms with Gasteiger partial charge in [-0.15, -0.1) is 11.3 Å². The molecule has 2 atom stereocenters. The van der Waals surface area contributed by atoms with Crippen LogP contribution < -0.4 is 17.2 Å². The monoisotopic (exact) mass is 611 g/mol. The molecule has 6 N–H and O–H groups in total. The lowest BCUT2D eigenvalue weighted by Crippen LogP contribution is -2.62. The first kappa shape index (κ1) is 30.8. The van der Waals surface area contributed by atoms with Crippen molar-refractivity contribution in [2.24, 2.45) is 22.2 Å². The maximum Gasteiger partial charge on any atom is 0.327 e. The minimum absolute atomic E-state index is 0.0805. The number of thiazole rings is 1. The highest BCUT2D eigenvalue weighted by molar-refractivity contribution is 7.20. The van der Waals surface area contributed by atoms with Crippen molar-refractivity contribution in [3.8, 4) is 0 Å². The number of hydrogen-bond donors (Lipinski definition) is 3. The van der Waals surface area contributed by atoms with Crippen molar-refractivity contribution in [1.29, 1.82) is 0 Å². The molecule has 1 fully saturated rings. The Balaban J connectivity index is 1.66. The number of carbonyl (C=O) groups is 3. The number of benzene rings is 3. The Kier molecular flexibility index (Phi) is 9.36. The number of Topliss-reactive ketones (excluding diaryl/α,β-unsaturated/α-hetero) is 1. The van der Waals surface area contributed by atoms with E-state index in [-0.39, 0.29) is 30.0 Å². The van der Waals surface area contributed by atoms with Crippen LogP contribution in [0, 0.1) is 0 Å². The van der Waals surface area contributed by atoms with Gasteiger partial charge in [-0.2, -0.15) is 0 Å². The van der Waals surface area contributed by atoms with E-state index in [1.54, 1.807) is 53.4 Å². The number of aromatic nitrogens is 1. The van der Waals surface area contributed by atoms with Gasteiger partial charge in [0, 0.05) is 19.1 Å². The zero-order valence-electron chi connectivity index (χ0n) is 24.6. The lowest BCUT2D eigenvalue weighted by atomic mass is 9.81. The largest absolute Gasteiger partial charge is 0.370 e. The summed E-state index contributed by atoms with van der Waals surface area (Å²) in [5.41, 5.74) is 18.1. The highest BCUT2D eigenvalue weighted by Crippen LogP contribution is 2.34. The molecule has 1 aromatic heterocycles. The Morgan fingerprint density at radius 3 is 2.18 bits per heavy atom. The van der Waals surface area contributed by atoms with E-state index >= 15 is 4.79 Å². The number of carbonyl (C=O) groups excluding carboxylic acids is 3. The second-order valence-electron chi connectivity index (χ2n) is 11.0. The topological polar surface area (TPSA) is 161 Å². The van der Waals surface area contributed by atoms with Gasteiger partial charge in [0.05, 0.1) is 10.2 Å². The molecule has 0 saturated carbocycles. The predicted octanol–water partition coefficient (Wildman–Crippen LogP) is 4.24. The average Bonchev–Trinajstić information content (AvgIpc) is 3.68. The van der Waals surface area contributed by atoms with E-state index in [0.717, 1.165) is 22.4 Å². The predicted molar refractivity (Wildman–Crippen MR) is 173 cm³/mol. The van der Waals surface area contributed by atoms with Gasteiger partial charge < -0.3 is 22.1 Å². The summed E-state index contributed by atoms with van der Waals surface area (Å²) in [5, 5.41) is 0.208. The Morgan fingerprint density at radius 2 is 1.61 bits per heavy atom. The number of para-hydroxylation sites is 1. The molecule has 5 rings (SSSR count). The maximum atomic E-state index is 15.1. The normalized spacial score (nSPS) is 15.6. The first-order chi connectivity index (χ1) is 21.2. The molecule has 228 valence electrons. The van der Waals surface area contributed by atoms with Crippen molar-refractivity contribution in [3.05, 3.63) is 101 Å². The van der Waals surface area contributed by atoms with Gasteiger partial charge in [0.15, 0.2) is 11.0 Å². The molecule has 4 aromatic rings. The second kappa shape index (κ2) is 13.4. The lowest BCUT2D eigenvalue weighted by molar-refractivity contribution is -0.134. The quantitative estimate of drug-likeness (QED) is 0.105. The zero-order chi connectivity index (χ0) is 31.3. The maximum absolute atomic E-state index is 15.1. The van der Waals surface area contributed by atoms with Gasteiger partial charge >= 0.3 is 6.03 Å². The van der Waals surface area contributed by atoms with Crippen molar-refractivity contribution in [3.63, 3.8) is 0 Å². The van der Waals surface area contributed by atoms with Gasteiger partial charge in [-0.1, -0.05) is 72.8 Å². The molecule has 11 heteroatoms. The van der Waals surface area contributed by atoms with Gasteiger partial charge in [-0.05, 0) is 55.9 Å². The van der Waals surface area contributed by atoms with E-state index in [1.807, 2.05) is 43.3 Å². The Morgan fingerprint density at radius 1 is 1.00 bits per heavy atom. The summed E-state index contributed by atoms with van der Waals surface area (Å²) in [7, 11) is 0. The summed E-state index contributed by atoms with van der Waals surface area (Å²) in [5.74, 6) is -1.21. The number of ketones is 1. The minimum Gasteiger partial charge on any atom is -0.370 e. The standard InChI is InChI=1S/C33H37N7O3S/c1-22-12-11-21-39(22)32(43)40(30(42)33(36,23-13-4-2-5-14-23)24-15-6-3-7-16-24)26(18-10-20-37-31(34)35)28(41)29-38-25-17-8-9-19-27(25)44-29/h2-9,13-17,19,22,26H,10-12,18,20-21,36H2,1H3,(H4,34,35,37)/t22-,26?/m1/s1. The van der Waals surface area contributed by atoms with Crippen molar-refractivity contribution in [1.82, 2.24) is 14.8 Å². The number of aliphatic imine (C=N–C) groups is 1. The van der Waals surface area contributed by atoms with Crippen LogP contribution in [0.2, 0.25) is 0 Å². The number of rotatable bonds is 10. The van der Waals surface area contributed by atoms with Gasteiger partial charge in [0.1, 0.15) is 11.6 Å². The Hall–Kier alpha value is -4.61. The number of amides is 3. The zero-order valence-corrected chi connectivity index (χ0v) is 25.5. The van der Waals surface area contributed by atoms with E-state index < -0.39 is 29.3 Å². The van der Waals surface area contributed by atoms with E-state index in [1.165, 1.54) is 11.3 Å². The van der Waals surface area contributed by atoms with Gasteiger partial charge in [-0.3, -0.25) is 19.5 Å². The number of nitrogens with two attached hydrogens (primary N) is 3. The van der Waals surface area contributed by atoms with Crippen LogP contribution in [0.3, 0.4) is 0 Å². The van der Waals surface area contributed by atoms with Crippen LogP contribution in [0.4, 0.5) is 4.79 Å². The van der Waals surface area contributed by atoms with E-state index in [2.05, 4.69) is 9.98 Å². The molecule has 0 aliphatic carbocycles. The van der Waals surface area contributed by atoms with Gasteiger partial charge in [0.2, 0.25) is 5.78 Å². The summed E-state index contributed by atoms with van der Waals surface area (Å²) in [6.45, 7) is 2.63. The third-order valence-corrected chi connectivity index (χ3v) is 9.12. The van der Waals surface area contributed by atoms with Crippen LogP contribution in [0.15, 0.2) is 89.9 Å². The number of hydrogen-bond acceptors (Lipinski definition) is 7. The lowest BCUT2D eigenvalue weighted by Gasteiger charge is -2.39. The molecular weight excluding hydrogens is 574 g/mol. The summed E-state index contributed by atoms with van der Waals surface area (Å²) in [4.78, 5) is 55.5. The van der Waals surface area contributed by atoms with Crippen molar-refractivity contribution >= 4 is 45.2 Å². The molecule has 1 aliphatic heterocycles. The number of likely N-dealkylation sites (tertiary alicyclic amines) is 1. The molecular formula is C33H37N7O3S. The van der Waals surface area contributed by atoms with Crippen LogP contribution in [0.5, 0.6) is 0 Å². The summed E-state index contributed by atoms with van der Waals surface area (Å²) in [6, 6.07) is 23.4. The third-order valence-electron chi connectivity index (χ3n) is 8.07. The highest BCUT2D eigenvalue weighted by atomic mass is 32.1. The SMILES string of the molecule is C[C@@H]1CCCN1C(=O)N(C(=O)C(N)(c1ccccc1)c1ccccc1)C(CCCN=C(N)N)C(=O)c1nc2ccccc2s1. The van der Waals surface area contributed by atoms with Crippen molar-refractivity contribution in [2.45, 2.75) is 50.2 Å². The second-order valence-corrected chi connectivity index (χ2v) is 12.0. The Labute approximate surface area is 260 Å². The number of urea groups is 1. The molecule has 0 bridgehead atoms. The van der Waals surface area contributed by atoms with Crippen molar-refractivity contribution < 1.29 is 14.4 Å². The van der Waals surface area contributed by atoms with Crippen molar-refractivity contribution in [2.75, 3.05) is 13.1 Å². The highest BCUT2D eigenvalue weighted by Gasteiger charge is 2.49. The van der Waals surface area contributed by atoms with Gasteiger partial charge in [-0.25, -0.2) is 9.78 Å². The molecule has 3 aromatic carbocycles. The van der Waals surface area contributed by atoms with E-state index in [9.17, 15) is 9.59 Å². The van der Waals surface area contributed by atoms with Crippen LogP contribution >= 0.6 is 11.3 Å². The molecule has 0 radical (unpaired) electrons. The van der Waals surface area contributed by atoms with Gasteiger partial charge in [0.25, 0.3) is 5.91 Å². The fourth-order valence-electron chi connectivity index (χ4n) is 5.71. The van der Waals surface area contributed by atoms with E-state index in [4.69, 9.17) is 17.2 Å². The molecule has 44 heavy (non-hydrogen) atoms. The minimum atomic E-state index is -1.77. The number of nitrogens with zero attached hydrogens (tertiary/aromatic N) is 4. The molecule has 1 saturated heterocycles. The van der Waals surface area contributed by atoms with E-state index in [0.29, 0.717) is 29.6 Å². The smallest absolute Gasteiger partial charge is 0.327 e. The first-order valence-corrected chi connectivity index (χ1v) is 15.5. The molecule has 2 heterocycles. The number of guanidine groups is 1. The van der Waals surface area contributed by atoms with Crippen LogP contribution in [-0.2, 0) is 10.3 Å². The van der Waals surface area contributed by atoms with Crippen LogP contribution in [0.25, 0.3) is 10.2 Å². The number of imide groups is 1. The number of fused-ring (bicyclic) bond motifs is 1. The fraction of sp³-hybridized carbons (Fsp3) is 0.303. The fourth-order valence-corrected chi connectivity index (χ4v) is 6.67. The molecule has 1 unspecified atom stereocenters. The summed E-state index contributed by atoms with van der Waals surface area (Å²) in [6.07, 6.45) is 2.03. The Bertz CT molecular complexity index is 1580. The molecule has 0 spiro atoms. The molecule has 3 amide bonds. The summed E-state index contributed by atoms with van der Waals surface area (Å²) >= 11 is 1.23. The van der Waals surface area contributed by atoms with Crippen LogP contribution in [0.1, 0.15) is 53.5 Å². The first-order valence-electron chi connectivity index (χ1n) is 14.7. The molecule has 1 aliphatic rings. The third kappa shape index (κ3) is 6.20. The molecule has 10 nitrogen and oxygen atoms in total.